The normalized spacial score (nSPS) is 10.7. The van der Waals surface area contributed by atoms with Crippen LogP contribution in [0.1, 0.15) is 20.9 Å². The van der Waals surface area contributed by atoms with Crippen molar-refractivity contribution in [2.75, 3.05) is 5.32 Å². The predicted octanol–water partition coefficient (Wildman–Crippen LogP) is 3.41. The van der Waals surface area contributed by atoms with Gasteiger partial charge in [0.15, 0.2) is 0 Å². The van der Waals surface area contributed by atoms with Gasteiger partial charge in [-0.1, -0.05) is 18.2 Å². The molecule has 4 rings (SSSR count). The fourth-order valence-electron chi connectivity index (χ4n) is 2.64. The highest BCUT2D eigenvalue weighted by molar-refractivity contribution is 7.17. The number of rotatable bonds is 5. The molecule has 3 aromatic heterocycles. The number of hydrogen-bond acceptors (Lipinski definition) is 6. The zero-order valence-corrected chi connectivity index (χ0v) is 15.3. The van der Waals surface area contributed by atoms with Gasteiger partial charge in [0.1, 0.15) is 22.5 Å². The second kappa shape index (κ2) is 7.46. The van der Waals surface area contributed by atoms with Gasteiger partial charge in [0.05, 0.1) is 17.9 Å². The van der Waals surface area contributed by atoms with Crippen LogP contribution in [0.5, 0.6) is 0 Å². The smallest absolute Gasteiger partial charge is 0.267 e. The molecule has 3 heterocycles. The van der Waals surface area contributed by atoms with Gasteiger partial charge in [-0.15, -0.1) is 11.3 Å². The van der Waals surface area contributed by atoms with E-state index in [1.165, 1.54) is 17.7 Å². The first-order valence-corrected chi connectivity index (χ1v) is 9.12. The molecule has 1 aromatic carbocycles. The van der Waals surface area contributed by atoms with Crippen LogP contribution in [0.25, 0.3) is 10.7 Å². The number of anilines is 1. The summed E-state index contributed by atoms with van der Waals surface area (Å²) in [7, 11) is 0. The van der Waals surface area contributed by atoms with E-state index in [1.54, 1.807) is 17.2 Å². The summed E-state index contributed by atoms with van der Waals surface area (Å²) in [6.45, 7) is 2.42. The zero-order chi connectivity index (χ0) is 18.6. The molecule has 0 radical (unpaired) electrons. The van der Waals surface area contributed by atoms with Gasteiger partial charge < -0.3 is 5.32 Å². The molecule has 7 nitrogen and oxygen atoms in total. The van der Waals surface area contributed by atoms with Crippen molar-refractivity contribution in [3.63, 3.8) is 0 Å². The molecule has 1 N–H and O–H groups in total. The number of amides is 1. The molecule has 0 unspecified atom stereocenters. The molecule has 0 aliphatic carbocycles. The van der Waals surface area contributed by atoms with Gasteiger partial charge >= 0.3 is 0 Å². The molecule has 0 aliphatic heterocycles. The van der Waals surface area contributed by atoms with Gasteiger partial charge in [0, 0.05) is 11.9 Å². The maximum Gasteiger partial charge on any atom is 0.267 e. The van der Waals surface area contributed by atoms with E-state index in [0.717, 1.165) is 22.0 Å². The van der Waals surface area contributed by atoms with E-state index in [4.69, 9.17) is 0 Å². The Hall–Kier alpha value is -3.39. The Balaban J connectivity index is 1.52. The lowest BCUT2D eigenvalue weighted by molar-refractivity contribution is 0.103. The van der Waals surface area contributed by atoms with Crippen molar-refractivity contribution in [2.45, 2.75) is 13.5 Å². The molecule has 0 saturated heterocycles. The van der Waals surface area contributed by atoms with Crippen LogP contribution in [0.4, 0.5) is 5.69 Å². The highest BCUT2D eigenvalue weighted by atomic mass is 32.1. The third-order valence-electron chi connectivity index (χ3n) is 3.88. The van der Waals surface area contributed by atoms with Crippen molar-refractivity contribution >= 4 is 22.9 Å². The quantitative estimate of drug-likeness (QED) is 0.577. The molecule has 27 heavy (non-hydrogen) atoms. The average molecular weight is 376 g/mol. The molecule has 0 saturated carbocycles. The first-order chi connectivity index (χ1) is 13.2. The van der Waals surface area contributed by atoms with Crippen LogP contribution in [0.3, 0.4) is 0 Å². The number of benzene rings is 1. The van der Waals surface area contributed by atoms with Crippen molar-refractivity contribution < 1.29 is 4.79 Å². The number of aryl methyl sites for hydroxylation is 1. The van der Waals surface area contributed by atoms with Crippen LogP contribution >= 0.6 is 11.3 Å². The number of nitrogens with one attached hydrogen (secondary N) is 1. The Morgan fingerprint density at radius 1 is 1.22 bits per heavy atom. The topological polar surface area (TPSA) is 85.6 Å². The molecule has 8 heteroatoms. The van der Waals surface area contributed by atoms with Gasteiger partial charge in [-0.3, -0.25) is 9.78 Å². The van der Waals surface area contributed by atoms with Crippen LogP contribution in [0, 0.1) is 6.92 Å². The summed E-state index contributed by atoms with van der Waals surface area (Å²) in [6, 6.07) is 13.3. The standard InChI is InChI=1S/C19H16N6OS/c1-13-17(27-19(23-13)16-7-2-3-8-21-16)18(26)24-15-6-4-5-14(9-15)10-25-12-20-11-22-25/h2-9,11-12H,10H2,1H3,(H,24,26). The summed E-state index contributed by atoms with van der Waals surface area (Å²) in [4.78, 5) is 26.0. The number of pyridine rings is 1. The molecule has 0 bridgehead atoms. The molecule has 0 aliphatic rings. The lowest BCUT2D eigenvalue weighted by Crippen LogP contribution is -2.12. The van der Waals surface area contributed by atoms with E-state index in [-0.39, 0.29) is 5.91 Å². The summed E-state index contributed by atoms with van der Waals surface area (Å²) in [5.41, 5.74) is 3.20. The molecule has 0 fully saturated rings. The molecule has 1 amide bonds. The van der Waals surface area contributed by atoms with Gasteiger partial charge in [-0.05, 0) is 36.8 Å². The van der Waals surface area contributed by atoms with Crippen LogP contribution in [0.15, 0.2) is 61.3 Å². The SMILES string of the molecule is Cc1nc(-c2ccccn2)sc1C(=O)Nc1cccc(Cn2cncn2)c1. The third-order valence-corrected chi connectivity index (χ3v) is 5.06. The Kier molecular flexibility index (Phi) is 4.71. The second-order valence-electron chi connectivity index (χ2n) is 5.90. The van der Waals surface area contributed by atoms with E-state index in [2.05, 4.69) is 25.4 Å². The van der Waals surface area contributed by atoms with Crippen LogP contribution in [0.2, 0.25) is 0 Å². The third kappa shape index (κ3) is 3.90. The lowest BCUT2D eigenvalue weighted by atomic mass is 10.2. The molecule has 0 atom stereocenters. The van der Waals surface area contributed by atoms with Crippen LogP contribution < -0.4 is 5.32 Å². The van der Waals surface area contributed by atoms with Gasteiger partial charge in [0.25, 0.3) is 5.91 Å². The molecule has 4 aromatic rings. The Bertz CT molecular complexity index is 1060. The summed E-state index contributed by atoms with van der Waals surface area (Å²) in [5, 5.41) is 7.78. The average Bonchev–Trinajstić information content (AvgIpc) is 3.32. The number of carbonyl (C=O) groups is 1. The van der Waals surface area contributed by atoms with Crippen LogP contribution in [-0.2, 0) is 6.54 Å². The van der Waals surface area contributed by atoms with Crippen molar-refractivity contribution in [3.05, 3.63) is 77.5 Å². The Morgan fingerprint density at radius 2 is 2.15 bits per heavy atom. The lowest BCUT2D eigenvalue weighted by Gasteiger charge is -2.07. The van der Waals surface area contributed by atoms with Crippen molar-refractivity contribution in [1.82, 2.24) is 24.7 Å². The minimum Gasteiger partial charge on any atom is -0.321 e. The van der Waals surface area contributed by atoms with Crippen molar-refractivity contribution in [2.24, 2.45) is 0 Å². The van der Waals surface area contributed by atoms with Crippen molar-refractivity contribution in [3.8, 4) is 10.7 Å². The van der Waals surface area contributed by atoms with E-state index in [1.807, 2.05) is 49.4 Å². The highest BCUT2D eigenvalue weighted by Crippen LogP contribution is 2.27. The molecule has 0 spiro atoms. The van der Waals surface area contributed by atoms with E-state index in [9.17, 15) is 4.79 Å². The number of nitrogens with zero attached hydrogens (tertiary/aromatic N) is 5. The maximum absolute atomic E-state index is 12.7. The summed E-state index contributed by atoms with van der Waals surface area (Å²) >= 11 is 1.34. The minimum absolute atomic E-state index is 0.176. The van der Waals surface area contributed by atoms with Gasteiger partial charge in [-0.2, -0.15) is 5.10 Å². The summed E-state index contributed by atoms with van der Waals surface area (Å²) in [6.07, 6.45) is 4.87. The Labute approximate surface area is 159 Å². The van der Waals surface area contributed by atoms with Crippen molar-refractivity contribution in [1.29, 1.82) is 0 Å². The largest absolute Gasteiger partial charge is 0.321 e. The fourth-order valence-corrected chi connectivity index (χ4v) is 3.58. The van der Waals surface area contributed by atoms with E-state index >= 15 is 0 Å². The molecule has 134 valence electrons. The van der Waals surface area contributed by atoms with E-state index < -0.39 is 0 Å². The first kappa shape index (κ1) is 17.0. The number of thiazole rings is 1. The monoisotopic (exact) mass is 376 g/mol. The summed E-state index contributed by atoms with van der Waals surface area (Å²) in [5.74, 6) is -0.176. The van der Waals surface area contributed by atoms with Gasteiger partial charge in [-0.25, -0.2) is 14.6 Å². The zero-order valence-electron chi connectivity index (χ0n) is 14.5. The number of carbonyl (C=O) groups excluding carboxylic acids is 1. The maximum atomic E-state index is 12.7. The van der Waals surface area contributed by atoms with E-state index in [0.29, 0.717) is 17.1 Å². The minimum atomic E-state index is -0.176. The molecular formula is C19H16N6OS. The summed E-state index contributed by atoms with van der Waals surface area (Å²) < 4.78 is 1.73. The number of hydrogen-bond donors (Lipinski definition) is 1. The van der Waals surface area contributed by atoms with Crippen LogP contribution in [-0.4, -0.2) is 30.6 Å². The Morgan fingerprint density at radius 3 is 2.93 bits per heavy atom. The first-order valence-electron chi connectivity index (χ1n) is 8.30. The predicted molar refractivity (Wildman–Crippen MR) is 104 cm³/mol. The molecular weight excluding hydrogens is 360 g/mol. The fraction of sp³-hybridized carbons (Fsp3) is 0.105. The highest BCUT2D eigenvalue weighted by Gasteiger charge is 2.17. The number of aromatic nitrogens is 5. The second-order valence-corrected chi connectivity index (χ2v) is 6.90. The van der Waals surface area contributed by atoms with Gasteiger partial charge in [0.2, 0.25) is 0 Å².